The molecule has 1 fully saturated rings. The van der Waals surface area contributed by atoms with Crippen LogP contribution in [0.2, 0.25) is 0 Å². The van der Waals surface area contributed by atoms with Crippen molar-refractivity contribution in [3.05, 3.63) is 53.6 Å². The van der Waals surface area contributed by atoms with Crippen LogP contribution in [0.15, 0.2) is 36.5 Å². The second-order valence-corrected chi connectivity index (χ2v) is 7.65. The number of nitrogens with one attached hydrogen (secondary N) is 3. The molecule has 1 aliphatic rings. The number of likely N-dealkylation sites (tertiary alicyclic amines) is 1. The largest absolute Gasteiger partial charge is 0.341 e. The van der Waals surface area contributed by atoms with Gasteiger partial charge in [0.1, 0.15) is 5.82 Å². The molecule has 0 radical (unpaired) electrons. The van der Waals surface area contributed by atoms with Crippen molar-refractivity contribution in [2.24, 2.45) is 0 Å². The van der Waals surface area contributed by atoms with Crippen LogP contribution in [0.5, 0.6) is 0 Å². The van der Waals surface area contributed by atoms with Gasteiger partial charge in [-0.25, -0.2) is 9.78 Å². The minimum Gasteiger partial charge on any atom is -0.341 e. The predicted octanol–water partition coefficient (Wildman–Crippen LogP) is 3.53. The smallest absolute Gasteiger partial charge is 0.319 e. The van der Waals surface area contributed by atoms with E-state index in [0.717, 1.165) is 41.9 Å². The fraction of sp³-hybridized carbons (Fsp3) is 0.381. The highest BCUT2D eigenvalue weighted by Crippen LogP contribution is 2.29. The summed E-state index contributed by atoms with van der Waals surface area (Å²) in [6.45, 7) is 4.90. The van der Waals surface area contributed by atoms with E-state index in [0.29, 0.717) is 5.69 Å². The molecule has 0 saturated carbocycles. The number of H-pyrrole nitrogens is 1. The van der Waals surface area contributed by atoms with Crippen molar-refractivity contribution in [2.45, 2.75) is 38.8 Å². The third kappa shape index (κ3) is 3.99. The zero-order valence-corrected chi connectivity index (χ0v) is 16.5. The number of anilines is 1. The number of carbonyl (C=O) groups is 1. The fourth-order valence-electron chi connectivity index (χ4n) is 3.73. The monoisotopic (exact) mass is 378 g/mol. The highest BCUT2D eigenvalue weighted by atomic mass is 16.2. The number of urea groups is 1. The minimum atomic E-state index is -0.195. The Bertz CT molecular complexity index is 980. The molecule has 3 N–H and O–H groups in total. The van der Waals surface area contributed by atoms with Crippen molar-refractivity contribution in [3.63, 3.8) is 0 Å². The van der Waals surface area contributed by atoms with Gasteiger partial charge in [-0.05, 0) is 63.6 Å². The molecule has 1 aliphatic heterocycles. The molecule has 3 heterocycles. The molecule has 0 aliphatic carbocycles. The van der Waals surface area contributed by atoms with E-state index >= 15 is 0 Å². The summed E-state index contributed by atoms with van der Waals surface area (Å²) < 4.78 is 0. The number of aromatic amines is 1. The third-order valence-corrected chi connectivity index (χ3v) is 5.35. The van der Waals surface area contributed by atoms with Gasteiger partial charge in [-0.15, -0.1) is 0 Å². The maximum absolute atomic E-state index is 12.4. The molecular formula is C21H26N6O. The van der Waals surface area contributed by atoms with Crippen LogP contribution >= 0.6 is 0 Å². The van der Waals surface area contributed by atoms with E-state index in [4.69, 9.17) is 4.98 Å². The van der Waals surface area contributed by atoms with E-state index in [1.54, 1.807) is 6.20 Å². The SMILES string of the molecule is Cc1ccc2nc([C@H]3C[C@H](NC(=O)Nc4ccc(C)nc4)CCN3C)[nH]c2c1. The molecule has 146 valence electrons. The van der Waals surface area contributed by atoms with E-state index in [2.05, 4.69) is 51.6 Å². The maximum atomic E-state index is 12.4. The van der Waals surface area contributed by atoms with E-state index in [-0.39, 0.29) is 18.1 Å². The van der Waals surface area contributed by atoms with E-state index in [1.807, 2.05) is 25.1 Å². The summed E-state index contributed by atoms with van der Waals surface area (Å²) in [5.41, 5.74) is 4.86. The van der Waals surface area contributed by atoms with Crippen molar-refractivity contribution in [3.8, 4) is 0 Å². The van der Waals surface area contributed by atoms with Gasteiger partial charge in [0.2, 0.25) is 0 Å². The number of pyridine rings is 1. The van der Waals surface area contributed by atoms with Gasteiger partial charge < -0.3 is 15.6 Å². The van der Waals surface area contributed by atoms with Gasteiger partial charge in [0, 0.05) is 18.3 Å². The van der Waals surface area contributed by atoms with Crippen LogP contribution in [0.4, 0.5) is 10.5 Å². The van der Waals surface area contributed by atoms with Gasteiger partial charge in [-0.1, -0.05) is 6.07 Å². The number of amides is 2. The summed E-state index contributed by atoms with van der Waals surface area (Å²) in [4.78, 5) is 27.1. The molecule has 1 saturated heterocycles. The van der Waals surface area contributed by atoms with Gasteiger partial charge in [-0.2, -0.15) is 0 Å². The van der Waals surface area contributed by atoms with Crippen molar-refractivity contribution < 1.29 is 4.79 Å². The van der Waals surface area contributed by atoms with Crippen molar-refractivity contribution in [1.82, 2.24) is 25.2 Å². The molecule has 0 spiro atoms. The number of benzene rings is 1. The molecule has 2 amide bonds. The first kappa shape index (κ1) is 18.4. The first-order valence-electron chi connectivity index (χ1n) is 9.64. The molecule has 0 unspecified atom stereocenters. The highest BCUT2D eigenvalue weighted by molar-refractivity contribution is 5.89. The summed E-state index contributed by atoms with van der Waals surface area (Å²) in [6, 6.07) is 10.0. The Morgan fingerprint density at radius 1 is 1.25 bits per heavy atom. The van der Waals surface area contributed by atoms with Crippen LogP contribution in [-0.2, 0) is 0 Å². The lowest BCUT2D eigenvalue weighted by Gasteiger charge is -2.36. The zero-order valence-electron chi connectivity index (χ0n) is 16.5. The highest BCUT2D eigenvalue weighted by Gasteiger charge is 2.30. The molecule has 28 heavy (non-hydrogen) atoms. The molecule has 7 heteroatoms. The van der Waals surface area contributed by atoms with E-state index < -0.39 is 0 Å². The third-order valence-electron chi connectivity index (χ3n) is 5.35. The summed E-state index contributed by atoms with van der Waals surface area (Å²) in [5.74, 6) is 0.956. The number of rotatable bonds is 3. The fourth-order valence-corrected chi connectivity index (χ4v) is 3.73. The lowest BCUT2D eigenvalue weighted by Crippen LogP contribution is -2.46. The van der Waals surface area contributed by atoms with E-state index in [9.17, 15) is 4.79 Å². The van der Waals surface area contributed by atoms with Gasteiger partial charge >= 0.3 is 6.03 Å². The Morgan fingerprint density at radius 3 is 2.89 bits per heavy atom. The second-order valence-electron chi connectivity index (χ2n) is 7.65. The van der Waals surface area contributed by atoms with Crippen LogP contribution in [0.1, 0.15) is 36.0 Å². The lowest BCUT2D eigenvalue weighted by atomic mass is 9.97. The number of aryl methyl sites for hydroxylation is 2. The average Bonchev–Trinajstić information content (AvgIpc) is 3.08. The van der Waals surface area contributed by atoms with Crippen molar-refractivity contribution in [1.29, 1.82) is 0 Å². The summed E-state index contributed by atoms with van der Waals surface area (Å²) >= 11 is 0. The van der Waals surface area contributed by atoms with Crippen molar-refractivity contribution in [2.75, 3.05) is 18.9 Å². The molecule has 7 nitrogen and oxygen atoms in total. The Hall–Kier alpha value is -2.93. The zero-order chi connectivity index (χ0) is 19.7. The Labute approximate surface area is 164 Å². The number of aromatic nitrogens is 3. The standard InChI is InChI=1S/C21H26N6O/c1-13-4-7-17-18(10-13)26-20(25-17)19-11-15(8-9-27(19)3)23-21(28)24-16-6-5-14(2)22-12-16/h4-7,10,12,15,19H,8-9,11H2,1-3H3,(H,25,26)(H2,23,24,28)/t15-,19-/m1/s1. The molecule has 0 bridgehead atoms. The van der Waals surface area contributed by atoms with E-state index in [1.165, 1.54) is 5.56 Å². The van der Waals surface area contributed by atoms with Gasteiger partial charge in [0.05, 0.1) is 29.0 Å². The number of imidazole rings is 1. The summed E-state index contributed by atoms with van der Waals surface area (Å²) in [5, 5.41) is 5.96. The quantitative estimate of drug-likeness (QED) is 0.651. The van der Waals surface area contributed by atoms with Crippen LogP contribution in [-0.4, -0.2) is 45.5 Å². The lowest BCUT2D eigenvalue weighted by molar-refractivity contribution is 0.153. The maximum Gasteiger partial charge on any atom is 0.319 e. The Morgan fingerprint density at radius 2 is 2.11 bits per heavy atom. The average molecular weight is 378 g/mol. The Kier molecular flexibility index (Phi) is 5.00. The summed E-state index contributed by atoms with van der Waals surface area (Å²) in [7, 11) is 2.11. The van der Waals surface area contributed by atoms with Crippen LogP contribution in [0, 0.1) is 13.8 Å². The molecular weight excluding hydrogens is 352 g/mol. The van der Waals surface area contributed by atoms with Crippen LogP contribution in [0.25, 0.3) is 11.0 Å². The molecule has 1 aromatic carbocycles. The number of hydrogen-bond donors (Lipinski definition) is 3. The summed E-state index contributed by atoms with van der Waals surface area (Å²) in [6.07, 6.45) is 3.39. The van der Waals surface area contributed by atoms with Gasteiger partial charge in [-0.3, -0.25) is 9.88 Å². The molecule has 3 aromatic rings. The number of carbonyl (C=O) groups excluding carboxylic acids is 1. The number of nitrogens with zero attached hydrogens (tertiary/aromatic N) is 3. The topological polar surface area (TPSA) is 85.9 Å². The van der Waals surface area contributed by atoms with Crippen molar-refractivity contribution >= 4 is 22.8 Å². The van der Waals surface area contributed by atoms with Crippen LogP contribution in [0.3, 0.4) is 0 Å². The van der Waals surface area contributed by atoms with Gasteiger partial charge in [0.15, 0.2) is 0 Å². The minimum absolute atomic E-state index is 0.0922. The normalized spacial score (nSPS) is 20.2. The number of piperidine rings is 1. The Balaban J connectivity index is 1.43. The molecule has 4 rings (SSSR count). The van der Waals surface area contributed by atoms with Gasteiger partial charge in [0.25, 0.3) is 0 Å². The molecule has 2 atom stereocenters. The first-order chi connectivity index (χ1) is 13.5. The predicted molar refractivity (Wildman–Crippen MR) is 110 cm³/mol. The van der Waals surface area contributed by atoms with Crippen LogP contribution < -0.4 is 10.6 Å². The number of hydrogen-bond acceptors (Lipinski definition) is 4. The second kappa shape index (κ2) is 7.59. The number of fused-ring (bicyclic) bond motifs is 1. The first-order valence-corrected chi connectivity index (χ1v) is 9.64. The molecule has 2 aromatic heterocycles.